The van der Waals surface area contributed by atoms with Crippen molar-refractivity contribution in [3.8, 4) is 11.5 Å². The van der Waals surface area contributed by atoms with E-state index in [2.05, 4.69) is 21.3 Å². The standard InChI is InChI=1S/C40H70N4O18/c45-17-37(18-46,19-47)41-33(57)29(34(58)42-38(20-48,21-49)22-50)11-5-1-3-9-15-61-31-13-7-8-14-32(31)62-16-10-4-2-6-12-30(35(59)43-39(23-51,24-52)25-53)36(60)44-40(26-54,27-55)28-56/h7-8,13-14,29-30,45-56H,1-6,9-12,15-28H2,(H,41,57)(H,42,58)(H,43,59)(H,44,60). The second-order valence-corrected chi connectivity index (χ2v) is 15.6. The number of aliphatic hydroxyl groups is 12. The monoisotopic (exact) mass is 894 g/mol. The SMILES string of the molecule is O=C(NC(CO)(CO)CO)C(CCCCCCOc1ccccc1OCCCCCCC(C(=O)NC(CO)(CO)CO)C(=O)NC(CO)(CO)CO)C(=O)NC(CO)(CO)CO. The minimum Gasteiger partial charge on any atom is -0.490 e. The van der Waals surface area contributed by atoms with Crippen molar-refractivity contribution < 1.29 is 89.9 Å². The van der Waals surface area contributed by atoms with Crippen molar-refractivity contribution in [2.24, 2.45) is 11.8 Å². The van der Waals surface area contributed by atoms with Crippen LogP contribution in [0.1, 0.15) is 64.2 Å². The molecule has 0 aliphatic carbocycles. The summed E-state index contributed by atoms with van der Waals surface area (Å²) in [5.74, 6) is -5.52. The van der Waals surface area contributed by atoms with Crippen molar-refractivity contribution in [3.05, 3.63) is 24.3 Å². The third-order valence-electron chi connectivity index (χ3n) is 10.6. The lowest BCUT2D eigenvalue weighted by Crippen LogP contribution is -2.62. The number of carbonyl (C=O) groups is 4. The zero-order chi connectivity index (χ0) is 46.7. The second kappa shape index (κ2) is 29.6. The molecule has 0 aliphatic heterocycles. The Hall–Kier alpha value is -3.78. The molecule has 16 N–H and O–H groups in total. The highest BCUT2D eigenvalue weighted by Crippen LogP contribution is 2.27. The fourth-order valence-electron chi connectivity index (χ4n) is 5.89. The van der Waals surface area contributed by atoms with Crippen LogP contribution >= 0.6 is 0 Å². The molecule has 0 saturated heterocycles. The molecule has 0 atom stereocenters. The van der Waals surface area contributed by atoms with E-state index in [1.165, 1.54) is 0 Å². The zero-order valence-corrected chi connectivity index (χ0v) is 35.3. The molecule has 1 aromatic carbocycles. The molecule has 0 spiro atoms. The highest BCUT2D eigenvalue weighted by molar-refractivity contribution is 6.01. The molecule has 0 radical (unpaired) electrons. The fourth-order valence-corrected chi connectivity index (χ4v) is 5.89. The normalized spacial score (nSPS) is 12.4. The molecule has 0 bridgehead atoms. The van der Waals surface area contributed by atoms with E-state index in [4.69, 9.17) is 9.47 Å². The number of rotatable bonds is 36. The molecular weight excluding hydrogens is 824 g/mol. The van der Waals surface area contributed by atoms with Crippen LogP contribution in [0, 0.1) is 11.8 Å². The van der Waals surface area contributed by atoms with Crippen molar-refractivity contribution >= 4 is 23.6 Å². The van der Waals surface area contributed by atoms with E-state index in [-0.39, 0.29) is 12.8 Å². The van der Waals surface area contributed by atoms with E-state index in [1.54, 1.807) is 24.3 Å². The van der Waals surface area contributed by atoms with Crippen LogP contribution in [0.15, 0.2) is 24.3 Å². The van der Waals surface area contributed by atoms with E-state index >= 15 is 0 Å². The van der Waals surface area contributed by atoms with Crippen LogP contribution in [-0.2, 0) is 19.2 Å². The summed E-state index contributed by atoms with van der Waals surface area (Å²) in [6.07, 6.45) is 4.21. The molecule has 4 amide bonds. The maximum absolute atomic E-state index is 13.1. The van der Waals surface area contributed by atoms with Gasteiger partial charge in [-0.1, -0.05) is 50.7 Å². The van der Waals surface area contributed by atoms with E-state index in [9.17, 15) is 80.5 Å². The maximum Gasteiger partial charge on any atom is 0.233 e. The molecule has 0 heterocycles. The van der Waals surface area contributed by atoms with Gasteiger partial charge in [0, 0.05) is 0 Å². The largest absolute Gasteiger partial charge is 0.490 e. The molecule has 358 valence electrons. The van der Waals surface area contributed by atoms with Gasteiger partial charge in [0.2, 0.25) is 23.6 Å². The number of hydrogen-bond donors (Lipinski definition) is 16. The van der Waals surface area contributed by atoms with Crippen molar-refractivity contribution in [3.63, 3.8) is 0 Å². The molecule has 0 aliphatic rings. The third-order valence-corrected chi connectivity index (χ3v) is 10.6. The van der Waals surface area contributed by atoms with Gasteiger partial charge >= 0.3 is 0 Å². The summed E-state index contributed by atoms with van der Waals surface area (Å²) in [5, 5.41) is 125. The lowest BCUT2D eigenvalue weighted by Gasteiger charge is -2.33. The number of para-hydroxylation sites is 2. The van der Waals surface area contributed by atoms with Crippen molar-refractivity contribution in [2.75, 3.05) is 92.5 Å². The van der Waals surface area contributed by atoms with E-state index in [1.807, 2.05) is 0 Å². The lowest BCUT2D eigenvalue weighted by molar-refractivity contribution is -0.141. The predicted octanol–water partition coefficient (Wildman–Crippen LogP) is -5.09. The summed E-state index contributed by atoms with van der Waals surface area (Å²) in [5.41, 5.74) is -7.21. The van der Waals surface area contributed by atoms with Crippen LogP contribution in [0.25, 0.3) is 0 Å². The topological polar surface area (TPSA) is 378 Å². The summed E-state index contributed by atoms with van der Waals surface area (Å²) >= 11 is 0. The molecule has 0 fully saturated rings. The second-order valence-electron chi connectivity index (χ2n) is 15.6. The lowest BCUT2D eigenvalue weighted by atomic mass is 9.94. The first-order chi connectivity index (χ1) is 29.7. The molecule has 0 unspecified atom stereocenters. The van der Waals surface area contributed by atoms with Crippen LogP contribution in [-0.4, -0.2) is 200 Å². The van der Waals surface area contributed by atoms with Crippen LogP contribution < -0.4 is 30.7 Å². The molecule has 1 aromatic rings. The number of carbonyl (C=O) groups excluding carboxylic acids is 4. The molecule has 22 heteroatoms. The summed E-state index contributed by atoms with van der Waals surface area (Å²) in [6.45, 7) is -9.25. The fraction of sp³-hybridized carbons (Fsp3) is 0.750. The Kier molecular flexibility index (Phi) is 26.8. The van der Waals surface area contributed by atoms with Crippen LogP contribution in [0.4, 0.5) is 0 Å². The molecular formula is C40H70N4O18. The average molecular weight is 895 g/mol. The number of nitrogens with one attached hydrogen (secondary N) is 4. The van der Waals surface area contributed by atoms with Gasteiger partial charge in [0.1, 0.15) is 34.0 Å². The summed E-state index contributed by atoms with van der Waals surface area (Å²) in [6, 6.07) is 7.02. The number of ether oxygens (including phenoxy) is 2. The van der Waals surface area contributed by atoms with Crippen molar-refractivity contribution in [1.29, 1.82) is 0 Å². The summed E-state index contributed by atoms with van der Waals surface area (Å²) in [4.78, 5) is 52.5. The average Bonchev–Trinajstić information content (AvgIpc) is 3.30. The Balaban J connectivity index is 2.71. The number of unbranched alkanes of at least 4 members (excludes halogenated alkanes) is 6. The first-order valence-corrected chi connectivity index (χ1v) is 20.6. The summed E-state index contributed by atoms with van der Waals surface area (Å²) < 4.78 is 11.9. The van der Waals surface area contributed by atoms with Crippen LogP contribution in [0.3, 0.4) is 0 Å². The Labute approximate surface area is 360 Å². The van der Waals surface area contributed by atoms with Crippen LogP contribution in [0.2, 0.25) is 0 Å². The van der Waals surface area contributed by atoms with Gasteiger partial charge in [-0.2, -0.15) is 0 Å². The first-order valence-electron chi connectivity index (χ1n) is 20.6. The van der Waals surface area contributed by atoms with Crippen LogP contribution in [0.5, 0.6) is 11.5 Å². The molecule has 0 aromatic heterocycles. The van der Waals surface area contributed by atoms with E-state index in [0.29, 0.717) is 76.1 Å². The number of hydrogen-bond acceptors (Lipinski definition) is 18. The van der Waals surface area contributed by atoms with Gasteiger partial charge in [-0.3, -0.25) is 19.2 Å². The molecule has 1 rings (SSSR count). The molecule has 0 saturated carbocycles. The molecule has 62 heavy (non-hydrogen) atoms. The van der Waals surface area contributed by atoms with Crippen molar-refractivity contribution in [2.45, 2.75) is 86.4 Å². The Bertz CT molecular complexity index is 1230. The predicted molar refractivity (Wildman–Crippen MR) is 219 cm³/mol. The van der Waals surface area contributed by atoms with Crippen molar-refractivity contribution in [1.82, 2.24) is 21.3 Å². The minimum atomic E-state index is -1.80. The van der Waals surface area contributed by atoms with Gasteiger partial charge in [0.05, 0.1) is 92.5 Å². The Morgan fingerprint density at radius 3 is 0.839 bits per heavy atom. The smallest absolute Gasteiger partial charge is 0.233 e. The number of aliphatic hydroxyl groups excluding tert-OH is 12. The maximum atomic E-state index is 13.1. The highest BCUT2D eigenvalue weighted by atomic mass is 16.5. The third kappa shape index (κ3) is 17.4. The van der Waals surface area contributed by atoms with E-state index in [0.717, 1.165) is 0 Å². The highest BCUT2D eigenvalue weighted by Gasteiger charge is 2.40. The number of benzene rings is 1. The van der Waals surface area contributed by atoms with E-state index < -0.39 is 137 Å². The Morgan fingerprint density at radius 1 is 0.387 bits per heavy atom. The van der Waals surface area contributed by atoms with Gasteiger partial charge in [-0.25, -0.2) is 0 Å². The van der Waals surface area contributed by atoms with Gasteiger partial charge in [-0.15, -0.1) is 0 Å². The van der Waals surface area contributed by atoms with Gasteiger partial charge in [-0.05, 0) is 37.8 Å². The minimum absolute atomic E-state index is 0.0157. The summed E-state index contributed by atoms with van der Waals surface area (Å²) in [7, 11) is 0. The Morgan fingerprint density at radius 2 is 0.613 bits per heavy atom. The zero-order valence-electron chi connectivity index (χ0n) is 35.3. The first kappa shape index (κ1) is 56.2. The van der Waals surface area contributed by atoms with Gasteiger partial charge in [0.25, 0.3) is 0 Å². The molecule has 22 nitrogen and oxygen atoms in total. The van der Waals surface area contributed by atoms with Gasteiger partial charge in [0.15, 0.2) is 11.5 Å². The quantitative estimate of drug-likeness (QED) is 0.0221. The van der Waals surface area contributed by atoms with Gasteiger partial charge < -0.3 is 92.0 Å². The number of amides is 4.